The maximum absolute atomic E-state index is 11.0. The number of carbonyl (C=O) groups excluding carboxylic acids is 1. The quantitative estimate of drug-likeness (QED) is 0.440. The lowest BCUT2D eigenvalue weighted by atomic mass is 10.3. The number of nitro groups is 1. The number of ether oxygens (including phenoxy) is 1. The van der Waals surface area contributed by atoms with Crippen LogP contribution in [0.2, 0.25) is 0 Å². The molecule has 0 aromatic carbocycles. The van der Waals surface area contributed by atoms with Gasteiger partial charge in [-0.15, -0.1) is 0 Å². The molecule has 0 saturated carbocycles. The molecule has 1 aromatic heterocycles. The van der Waals surface area contributed by atoms with Crippen LogP contribution >= 0.6 is 0 Å². The minimum Gasteiger partial charge on any atom is -0.468 e. The molecule has 0 aliphatic carbocycles. The molecule has 0 atom stereocenters. The van der Waals surface area contributed by atoms with Gasteiger partial charge < -0.3 is 15.4 Å². The Kier molecular flexibility index (Phi) is 4.98. The average Bonchev–Trinajstić information content (AvgIpc) is 2.35. The Balaban J connectivity index is 3.09. The molecule has 0 saturated heterocycles. The number of methoxy groups -OCH3 is 1. The maximum Gasteiger partial charge on any atom is 0.332 e. The number of anilines is 2. The van der Waals surface area contributed by atoms with Crippen LogP contribution in [0.3, 0.4) is 0 Å². The molecule has 104 valence electrons. The summed E-state index contributed by atoms with van der Waals surface area (Å²) in [5.41, 5.74) is -0.0473. The predicted molar refractivity (Wildman–Crippen MR) is 68.1 cm³/mol. The molecule has 0 aliphatic heterocycles. The van der Waals surface area contributed by atoms with E-state index in [1.165, 1.54) is 14.0 Å². The molecule has 0 bridgehead atoms. The van der Waals surface area contributed by atoms with Gasteiger partial charge in [-0.2, -0.15) is 4.98 Å². The largest absolute Gasteiger partial charge is 0.468 e. The lowest BCUT2D eigenvalue weighted by Gasteiger charge is -2.09. The van der Waals surface area contributed by atoms with E-state index < -0.39 is 10.9 Å². The first-order valence-electron chi connectivity index (χ1n) is 5.57. The molecule has 0 fully saturated rings. The third-order valence-corrected chi connectivity index (χ3v) is 2.20. The Labute approximate surface area is 109 Å². The van der Waals surface area contributed by atoms with Crippen molar-refractivity contribution < 1.29 is 14.5 Å². The number of nitrogens with one attached hydrogen (secondary N) is 2. The van der Waals surface area contributed by atoms with Gasteiger partial charge in [0.05, 0.1) is 12.0 Å². The van der Waals surface area contributed by atoms with Gasteiger partial charge in [0.15, 0.2) is 0 Å². The van der Waals surface area contributed by atoms with E-state index in [2.05, 4.69) is 25.3 Å². The SMILES string of the molecule is CCNc1nc(C)c([N+](=O)[O-])c(NCC(=O)OC)n1. The second kappa shape index (κ2) is 6.47. The summed E-state index contributed by atoms with van der Waals surface area (Å²) < 4.78 is 4.45. The summed E-state index contributed by atoms with van der Waals surface area (Å²) >= 11 is 0. The van der Waals surface area contributed by atoms with E-state index in [-0.39, 0.29) is 29.7 Å². The number of rotatable bonds is 6. The van der Waals surface area contributed by atoms with E-state index in [0.29, 0.717) is 6.54 Å². The van der Waals surface area contributed by atoms with Crippen molar-refractivity contribution in [2.75, 3.05) is 30.8 Å². The third kappa shape index (κ3) is 3.76. The fourth-order valence-electron chi connectivity index (χ4n) is 1.37. The van der Waals surface area contributed by atoms with Gasteiger partial charge in [0.1, 0.15) is 12.2 Å². The summed E-state index contributed by atoms with van der Waals surface area (Å²) in [6.45, 7) is 3.72. The Morgan fingerprint density at radius 1 is 1.42 bits per heavy atom. The molecule has 9 heteroatoms. The zero-order valence-electron chi connectivity index (χ0n) is 10.9. The lowest BCUT2D eigenvalue weighted by Crippen LogP contribution is -2.18. The molecule has 0 amide bonds. The van der Waals surface area contributed by atoms with E-state index in [0.717, 1.165) is 0 Å². The monoisotopic (exact) mass is 269 g/mol. The molecule has 0 unspecified atom stereocenters. The number of esters is 1. The van der Waals surface area contributed by atoms with Crippen LogP contribution in [0.1, 0.15) is 12.6 Å². The molecule has 0 aliphatic rings. The Morgan fingerprint density at radius 2 is 2.11 bits per heavy atom. The Bertz CT molecular complexity index is 491. The summed E-state index contributed by atoms with van der Waals surface area (Å²) in [5, 5.41) is 16.4. The smallest absolute Gasteiger partial charge is 0.332 e. The first kappa shape index (κ1) is 14.6. The summed E-state index contributed by atoms with van der Waals surface area (Å²) in [5.74, 6) is -0.299. The van der Waals surface area contributed by atoms with Crippen molar-refractivity contribution in [3.05, 3.63) is 15.8 Å². The molecule has 1 heterocycles. The van der Waals surface area contributed by atoms with Crippen molar-refractivity contribution in [3.8, 4) is 0 Å². The lowest BCUT2D eigenvalue weighted by molar-refractivity contribution is -0.385. The fraction of sp³-hybridized carbons (Fsp3) is 0.500. The van der Waals surface area contributed by atoms with E-state index in [4.69, 9.17) is 0 Å². The highest BCUT2D eigenvalue weighted by molar-refractivity contribution is 5.76. The summed E-state index contributed by atoms with van der Waals surface area (Å²) in [4.78, 5) is 29.4. The van der Waals surface area contributed by atoms with Crippen LogP contribution in [0.15, 0.2) is 0 Å². The van der Waals surface area contributed by atoms with Crippen LogP contribution in [0.4, 0.5) is 17.5 Å². The van der Waals surface area contributed by atoms with Gasteiger partial charge in [-0.3, -0.25) is 14.9 Å². The van der Waals surface area contributed by atoms with E-state index in [1.54, 1.807) is 0 Å². The molecular weight excluding hydrogens is 254 g/mol. The predicted octanol–water partition coefficient (Wildman–Crippen LogP) is 0.710. The van der Waals surface area contributed by atoms with Crippen molar-refractivity contribution in [3.63, 3.8) is 0 Å². The van der Waals surface area contributed by atoms with Crippen LogP contribution in [-0.4, -0.2) is 41.1 Å². The highest BCUT2D eigenvalue weighted by Crippen LogP contribution is 2.26. The van der Waals surface area contributed by atoms with Gasteiger partial charge in [0, 0.05) is 6.54 Å². The third-order valence-electron chi connectivity index (χ3n) is 2.20. The fourth-order valence-corrected chi connectivity index (χ4v) is 1.37. The molecular formula is C10H15N5O4. The summed E-state index contributed by atoms with van der Waals surface area (Å²) in [7, 11) is 1.23. The standard InChI is InChI=1S/C10H15N5O4/c1-4-11-10-13-6(2)8(15(17)18)9(14-10)12-5-7(16)19-3/h4-5H2,1-3H3,(H2,11,12,13,14). The number of hydrogen-bond donors (Lipinski definition) is 2. The molecule has 1 rings (SSSR count). The summed E-state index contributed by atoms with van der Waals surface area (Å²) in [6.07, 6.45) is 0. The number of aromatic nitrogens is 2. The highest BCUT2D eigenvalue weighted by atomic mass is 16.6. The van der Waals surface area contributed by atoms with Crippen LogP contribution in [0.5, 0.6) is 0 Å². The number of aryl methyl sites for hydroxylation is 1. The molecule has 2 N–H and O–H groups in total. The van der Waals surface area contributed by atoms with E-state index in [1.807, 2.05) is 6.92 Å². The van der Waals surface area contributed by atoms with Crippen LogP contribution in [0, 0.1) is 17.0 Å². The minimum absolute atomic E-state index is 0.0150. The maximum atomic E-state index is 11.0. The van der Waals surface area contributed by atoms with E-state index in [9.17, 15) is 14.9 Å². The van der Waals surface area contributed by atoms with Gasteiger partial charge in [-0.1, -0.05) is 0 Å². The van der Waals surface area contributed by atoms with Crippen molar-refractivity contribution in [2.24, 2.45) is 0 Å². The molecule has 19 heavy (non-hydrogen) atoms. The van der Waals surface area contributed by atoms with Gasteiger partial charge in [0.25, 0.3) is 0 Å². The first-order chi connectivity index (χ1) is 8.99. The van der Waals surface area contributed by atoms with Gasteiger partial charge in [-0.05, 0) is 13.8 Å². The average molecular weight is 269 g/mol. The van der Waals surface area contributed by atoms with Gasteiger partial charge in [0.2, 0.25) is 11.8 Å². The normalized spacial score (nSPS) is 9.84. The van der Waals surface area contributed by atoms with Crippen LogP contribution in [0.25, 0.3) is 0 Å². The summed E-state index contributed by atoms with van der Waals surface area (Å²) in [6, 6.07) is 0. The first-order valence-corrected chi connectivity index (χ1v) is 5.57. The molecule has 0 radical (unpaired) electrons. The van der Waals surface area contributed by atoms with E-state index >= 15 is 0 Å². The number of carbonyl (C=O) groups is 1. The van der Waals surface area contributed by atoms with Gasteiger partial charge >= 0.3 is 11.7 Å². The van der Waals surface area contributed by atoms with Gasteiger partial charge in [-0.25, -0.2) is 4.98 Å². The van der Waals surface area contributed by atoms with Crippen LogP contribution < -0.4 is 10.6 Å². The van der Waals surface area contributed by atoms with Crippen molar-refractivity contribution in [1.29, 1.82) is 0 Å². The molecule has 9 nitrogen and oxygen atoms in total. The van der Waals surface area contributed by atoms with Crippen molar-refractivity contribution in [1.82, 2.24) is 9.97 Å². The molecule has 0 spiro atoms. The Hall–Kier alpha value is -2.45. The highest BCUT2D eigenvalue weighted by Gasteiger charge is 2.22. The van der Waals surface area contributed by atoms with Crippen LogP contribution in [-0.2, 0) is 9.53 Å². The second-order valence-corrected chi connectivity index (χ2v) is 3.55. The second-order valence-electron chi connectivity index (χ2n) is 3.55. The number of nitrogens with zero attached hydrogens (tertiary/aromatic N) is 3. The minimum atomic E-state index is -0.593. The zero-order chi connectivity index (χ0) is 14.4. The van der Waals surface area contributed by atoms with Crippen molar-refractivity contribution >= 4 is 23.4 Å². The Morgan fingerprint density at radius 3 is 2.63 bits per heavy atom. The number of hydrogen-bond acceptors (Lipinski definition) is 8. The topological polar surface area (TPSA) is 119 Å². The van der Waals surface area contributed by atoms with Crippen molar-refractivity contribution in [2.45, 2.75) is 13.8 Å². The zero-order valence-corrected chi connectivity index (χ0v) is 10.9. The molecule has 1 aromatic rings.